The Labute approximate surface area is 161 Å². The Balaban J connectivity index is 1.30. The number of β-amino-alcohol motifs (C(OH)–C–C–N with tert-alkyl or cyclic N) is 1. The summed E-state index contributed by atoms with van der Waals surface area (Å²) in [6.45, 7) is 2.92. The first kappa shape index (κ1) is 18.0. The van der Waals surface area contributed by atoms with Crippen molar-refractivity contribution < 1.29 is 14.3 Å². The Morgan fingerprint density at radius 3 is 3.04 bits per heavy atom. The Hall–Kier alpha value is -2.38. The monoisotopic (exact) mass is 385 g/mol. The van der Waals surface area contributed by atoms with Crippen LogP contribution in [0.4, 0.5) is 0 Å². The molecule has 6 nitrogen and oxygen atoms in total. The Bertz CT molecular complexity index is 899. The van der Waals surface area contributed by atoms with Gasteiger partial charge in [0.1, 0.15) is 11.5 Å². The molecule has 4 rings (SSSR count). The number of nitrogens with zero attached hydrogens (tertiary/aromatic N) is 2. The summed E-state index contributed by atoms with van der Waals surface area (Å²) in [6.07, 6.45) is 1.13. The van der Waals surface area contributed by atoms with Gasteiger partial charge in [0.25, 0.3) is 0 Å². The van der Waals surface area contributed by atoms with E-state index in [4.69, 9.17) is 4.42 Å². The molecule has 3 aromatic rings. The Morgan fingerprint density at radius 2 is 2.30 bits per heavy atom. The molecule has 7 heteroatoms. The predicted octanol–water partition coefficient (Wildman–Crippen LogP) is 3.03. The molecule has 1 fully saturated rings. The number of aryl methyl sites for hydroxylation is 2. The number of carbonyl (C=O) groups excluding carboxylic acids is 1. The number of hydrogen-bond donors (Lipinski definition) is 2. The summed E-state index contributed by atoms with van der Waals surface area (Å²) in [7, 11) is 0. The SMILES string of the molecule is Cc1cc(C[C@@H]2CN(C(=O)CCc3ccc(-c4cccs4)o3)C[C@@H]2O)n[nH]1. The summed E-state index contributed by atoms with van der Waals surface area (Å²) in [4.78, 5) is 15.4. The summed E-state index contributed by atoms with van der Waals surface area (Å²) in [5.41, 5.74) is 1.94. The molecule has 2 atom stereocenters. The van der Waals surface area contributed by atoms with Crippen LogP contribution in [0.1, 0.15) is 23.6 Å². The average molecular weight is 385 g/mol. The van der Waals surface area contributed by atoms with Gasteiger partial charge in [-0.05, 0) is 43.0 Å². The Kier molecular flexibility index (Phi) is 5.13. The molecule has 0 aromatic carbocycles. The third kappa shape index (κ3) is 4.14. The molecule has 0 bridgehead atoms. The molecule has 4 heterocycles. The van der Waals surface area contributed by atoms with Crippen LogP contribution in [0.3, 0.4) is 0 Å². The summed E-state index contributed by atoms with van der Waals surface area (Å²) < 4.78 is 5.84. The molecule has 27 heavy (non-hydrogen) atoms. The largest absolute Gasteiger partial charge is 0.460 e. The Morgan fingerprint density at radius 1 is 1.41 bits per heavy atom. The second kappa shape index (κ2) is 7.70. The highest BCUT2D eigenvalue weighted by Gasteiger charge is 2.34. The first-order valence-electron chi connectivity index (χ1n) is 9.18. The fraction of sp³-hybridized carbons (Fsp3) is 0.400. The summed E-state index contributed by atoms with van der Waals surface area (Å²) >= 11 is 1.63. The average Bonchev–Trinajstić information content (AvgIpc) is 3.41. The number of aliphatic hydroxyl groups is 1. The lowest BCUT2D eigenvalue weighted by atomic mass is 10.0. The van der Waals surface area contributed by atoms with Gasteiger partial charge in [-0.3, -0.25) is 9.89 Å². The van der Waals surface area contributed by atoms with E-state index < -0.39 is 6.10 Å². The van der Waals surface area contributed by atoms with Crippen molar-refractivity contribution in [3.63, 3.8) is 0 Å². The topological polar surface area (TPSA) is 82.4 Å². The molecule has 3 aromatic heterocycles. The molecule has 0 unspecified atom stereocenters. The van der Waals surface area contributed by atoms with E-state index >= 15 is 0 Å². The number of amides is 1. The van der Waals surface area contributed by atoms with Gasteiger partial charge in [-0.15, -0.1) is 11.3 Å². The first-order valence-corrected chi connectivity index (χ1v) is 10.1. The van der Waals surface area contributed by atoms with E-state index in [-0.39, 0.29) is 11.8 Å². The zero-order valence-corrected chi connectivity index (χ0v) is 16.0. The van der Waals surface area contributed by atoms with Crippen molar-refractivity contribution in [2.75, 3.05) is 13.1 Å². The number of furan rings is 1. The highest BCUT2D eigenvalue weighted by molar-refractivity contribution is 7.13. The number of aromatic nitrogens is 2. The second-order valence-electron chi connectivity index (χ2n) is 7.12. The number of carbonyl (C=O) groups is 1. The van der Waals surface area contributed by atoms with Crippen LogP contribution in [0.2, 0.25) is 0 Å². The number of rotatable bonds is 6. The molecule has 0 spiro atoms. The number of thiophene rings is 1. The summed E-state index contributed by atoms with van der Waals surface area (Å²) in [5.74, 6) is 1.75. The highest BCUT2D eigenvalue weighted by atomic mass is 32.1. The van der Waals surface area contributed by atoms with Gasteiger partial charge in [-0.2, -0.15) is 5.10 Å². The number of likely N-dealkylation sites (tertiary alicyclic amines) is 1. The molecule has 1 amide bonds. The lowest BCUT2D eigenvalue weighted by molar-refractivity contribution is -0.130. The van der Waals surface area contributed by atoms with E-state index in [2.05, 4.69) is 10.2 Å². The predicted molar refractivity (Wildman–Crippen MR) is 103 cm³/mol. The lowest BCUT2D eigenvalue weighted by Crippen LogP contribution is -2.29. The van der Waals surface area contributed by atoms with E-state index in [0.29, 0.717) is 32.4 Å². The molecule has 0 aliphatic carbocycles. The number of aromatic amines is 1. The van der Waals surface area contributed by atoms with Crippen molar-refractivity contribution in [3.05, 3.63) is 52.9 Å². The van der Waals surface area contributed by atoms with Gasteiger partial charge in [0.15, 0.2) is 0 Å². The number of aliphatic hydroxyl groups excluding tert-OH is 1. The standard InChI is InChI=1S/C20H23N3O3S/c1-13-9-15(22-21-13)10-14-11-23(12-17(14)24)20(25)7-5-16-4-6-18(26-16)19-3-2-8-27-19/h2-4,6,8-9,14,17,24H,5,7,10-12H2,1H3,(H,21,22)/t14-,17+/m1/s1. The maximum atomic E-state index is 12.6. The molecule has 2 N–H and O–H groups in total. The van der Waals surface area contributed by atoms with E-state index in [9.17, 15) is 9.90 Å². The molecule has 1 saturated heterocycles. The van der Waals surface area contributed by atoms with E-state index in [1.807, 2.05) is 42.6 Å². The molecule has 1 aliphatic rings. The van der Waals surface area contributed by atoms with Crippen LogP contribution in [-0.4, -0.2) is 45.3 Å². The minimum Gasteiger partial charge on any atom is -0.460 e. The van der Waals surface area contributed by atoms with Crippen molar-refractivity contribution in [2.45, 2.75) is 32.3 Å². The van der Waals surface area contributed by atoms with Gasteiger partial charge in [0.2, 0.25) is 5.91 Å². The molecule has 142 valence electrons. The molecule has 1 aliphatic heterocycles. The third-order valence-corrected chi connectivity index (χ3v) is 5.88. The minimum absolute atomic E-state index is 0.0331. The maximum absolute atomic E-state index is 12.6. The smallest absolute Gasteiger partial charge is 0.223 e. The van der Waals surface area contributed by atoms with Crippen LogP contribution in [0.25, 0.3) is 10.6 Å². The highest BCUT2D eigenvalue weighted by Crippen LogP contribution is 2.27. The summed E-state index contributed by atoms with van der Waals surface area (Å²) in [6, 6.07) is 9.88. The summed E-state index contributed by atoms with van der Waals surface area (Å²) in [5, 5.41) is 19.5. The first-order chi connectivity index (χ1) is 13.1. The normalized spacial score (nSPS) is 19.7. The fourth-order valence-electron chi connectivity index (χ4n) is 3.56. The van der Waals surface area contributed by atoms with Crippen molar-refractivity contribution in [2.24, 2.45) is 5.92 Å². The minimum atomic E-state index is -0.500. The van der Waals surface area contributed by atoms with Crippen molar-refractivity contribution in [1.82, 2.24) is 15.1 Å². The van der Waals surface area contributed by atoms with Gasteiger partial charge in [-0.25, -0.2) is 0 Å². The van der Waals surface area contributed by atoms with Crippen molar-refractivity contribution >= 4 is 17.2 Å². The maximum Gasteiger partial charge on any atom is 0.223 e. The molecular weight excluding hydrogens is 362 g/mol. The molecule has 0 saturated carbocycles. The van der Waals surface area contributed by atoms with Crippen LogP contribution in [0.5, 0.6) is 0 Å². The molecular formula is C20H23N3O3S. The molecule has 0 radical (unpaired) electrons. The quantitative estimate of drug-likeness (QED) is 0.683. The van der Waals surface area contributed by atoms with E-state index in [1.165, 1.54) is 0 Å². The van der Waals surface area contributed by atoms with Crippen LogP contribution in [-0.2, 0) is 17.6 Å². The van der Waals surface area contributed by atoms with Crippen LogP contribution < -0.4 is 0 Å². The van der Waals surface area contributed by atoms with Crippen LogP contribution >= 0.6 is 11.3 Å². The number of nitrogens with one attached hydrogen (secondary N) is 1. The zero-order chi connectivity index (χ0) is 18.8. The van der Waals surface area contributed by atoms with Crippen molar-refractivity contribution in [1.29, 1.82) is 0 Å². The van der Waals surface area contributed by atoms with Gasteiger partial charge in [-0.1, -0.05) is 6.07 Å². The third-order valence-electron chi connectivity index (χ3n) is 5.00. The van der Waals surface area contributed by atoms with Crippen molar-refractivity contribution in [3.8, 4) is 10.6 Å². The lowest BCUT2D eigenvalue weighted by Gasteiger charge is -2.15. The van der Waals surface area contributed by atoms with Gasteiger partial charge in [0.05, 0.1) is 16.7 Å². The van der Waals surface area contributed by atoms with Crippen LogP contribution in [0.15, 0.2) is 40.1 Å². The second-order valence-corrected chi connectivity index (χ2v) is 8.06. The van der Waals surface area contributed by atoms with Gasteiger partial charge in [0, 0.05) is 37.5 Å². The van der Waals surface area contributed by atoms with E-state index in [1.54, 1.807) is 16.2 Å². The van der Waals surface area contributed by atoms with Gasteiger partial charge >= 0.3 is 0 Å². The van der Waals surface area contributed by atoms with Crippen LogP contribution in [0, 0.1) is 12.8 Å². The van der Waals surface area contributed by atoms with E-state index in [0.717, 1.165) is 27.8 Å². The number of hydrogen-bond acceptors (Lipinski definition) is 5. The fourth-order valence-corrected chi connectivity index (χ4v) is 4.24. The van der Waals surface area contributed by atoms with Gasteiger partial charge < -0.3 is 14.4 Å². The zero-order valence-electron chi connectivity index (χ0n) is 15.2. The number of H-pyrrole nitrogens is 1.